The van der Waals surface area contributed by atoms with Crippen LogP contribution in [0.5, 0.6) is 0 Å². The minimum absolute atomic E-state index is 0.113. The fraction of sp³-hybridized carbons (Fsp3) is 0.250. The Kier molecular flexibility index (Phi) is 6.45. The van der Waals surface area contributed by atoms with E-state index in [0.717, 1.165) is 18.2 Å². The lowest BCUT2D eigenvalue weighted by molar-refractivity contribution is 0.0473. The average Bonchev–Trinajstić information content (AvgIpc) is 2.60. The summed E-state index contributed by atoms with van der Waals surface area (Å²) in [4.78, 5) is 35.6. The number of carbonyl (C=O) groups excluding carboxylic acids is 3. The third-order valence-corrected chi connectivity index (χ3v) is 3.33. The van der Waals surface area contributed by atoms with Gasteiger partial charge >= 0.3 is 12.1 Å². The summed E-state index contributed by atoms with van der Waals surface area (Å²) in [6, 6.07) is 8.10. The maximum absolute atomic E-state index is 13.5. The number of amides is 1. The van der Waals surface area contributed by atoms with Crippen LogP contribution in [-0.2, 0) is 9.47 Å². The van der Waals surface area contributed by atoms with E-state index in [1.165, 1.54) is 24.3 Å². The maximum atomic E-state index is 13.5. The molecule has 0 fully saturated rings. The second-order valence-corrected chi connectivity index (χ2v) is 6.83. The van der Waals surface area contributed by atoms with Gasteiger partial charge in [0.2, 0.25) is 5.78 Å². The molecule has 0 heterocycles. The highest BCUT2D eigenvalue weighted by atomic mass is 19.1. The Hall–Kier alpha value is -3.29. The van der Waals surface area contributed by atoms with Gasteiger partial charge in [0, 0.05) is 5.69 Å². The first-order valence-electron chi connectivity index (χ1n) is 8.30. The third-order valence-electron chi connectivity index (χ3n) is 3.33. The molecule has 0 radical (unpaired) electrons. The summed E-state index contributed by atoms with van der Waals surface area (Å²) in [5.41, 5.74) is -0.641. The van der Waals surface area contributed by atoms with Gasteiger partial charge in [0.1, 0.15) is 17.2 Å². The lowest BCUT2D eigenvalue weighted by Gasteiger charge is -2.19. The molecular formula is C20H19F2NO5. The van der Waals surface area contributed by atoms with Crippen LogP contribution in [0.4, 0.5) is 19.3 Å². The van der Waals surface area contributed by atoms with Crippen LogP contribution in [0.25, 0.3) is 0 Å². The second-order valence-electron chi connectivity index (χ2n) is 6.83. The summed E-state index contributed by atoms with van der Waals surface area (Å²) in [6.07, 6.45) is -0.648. The molecule has 0 bridgehead atoms. The van der Waals surface area contributed by atoms with Crippen molar-refractivity contribution in [2.45, 2.75) is 26.4 Å². The van der Waals surface area contributed by atoms with E-state index in [9.17, 15) is 23.2 Å². The van der Waals surface area contributed by atoms with Gasteiger partial charge in [-0.1, -0.05) is 0 Å². The summed E-state index contributed by atoms with van der Waals surface area (Å²) < 4.78 is 36.6. The molecular weight excluding hydrogens is 372 g/mol. The van der Waals surface area contributed by atoms with Gasteiger partial charge < -0.3 is 9.47 Å². The zero-order valence-electron chi connectivity index (χ0n) is 15.5. The van der Waals surface area contributed by atoms with Crippen LogP contribution in [0.3, 0.4) is 0 Å². The van der Waals surface area contributed by atoms with Gasteiger partial charge in [0.15, 0.2) is 6.61 Å². The number of ketones is 1. The number of carbonyl (C=O) groups is 3. The molecule has 28 heavy (non-hydrogen) atoms. The second kappa shape index (κ2) is 8.60. The Morgan fingerprint density at radius 1 is 1.00 bits per heavy atom. The molecule has 1 N–H and O–H groups in total. The highest BCUT2D eigenvalue weighted by Crippen LogP contribution is 2.14. The molecule has 0 aliphatic rings. The van der Waals surface area contributed by atoms with E-state index in [-0.39, 0.29) is 5.56 Å². The first-order valence-corrected chi connectivity index (χ1v) is 8.30. The zero-order valence-corrected chi connectivity index (χ0v) is 15.5. The fourth-order valence-electron chi connectivity index (χ4n) is 2.11. The predicted octanol–water partition coefficient (Wildman–Crippen LogP) is 4.35. The minimum atomic E-state index is -0.903. The summed E-state index contributed by atoms with van der Waals surface area (Å²) in [6.45, 7) is 4.44. The first kappa shape index (κ1) is 21.0. The molecule has 0 atom stereocenters. The van der Waals surface area contributed by atoms with E-state index in [0.29, 0.717) is 5.69 Å². The van der Waals surface area contributed by atoms with Crippen molar-refractivity contribution < 1.29 is 32.6 Å². The number of anilines is 1. The number of hydrogen-bond acceptors (Lipinski definition) is 5. The van der Waals surface area contributed by atoms with Crippen LogP contribution in [0, 0.1) is 11.6 Å². The van der Waals surface area contributed by atoms with E-state index in [2.05, 4.69) is 5.32 Å². The Morgan fingerprint density at radius 3 is 2.25 bits per heavy atom. The van der Waals surface area contributed by atoms with Gasteiger partial charge in [0.05, 0.1) is 11.1 Å². The first-order chi connectivity index (χ1) is 13.0. The van der Waals surface area contributed by atoms with Gasteiger partial charge in [-0.05, 0) is 63.2 Å². The standard InChI is InChI=1S/C20H19F2NO5/c1-20(2,3)28-19(26)23-14-7-4-12(5-8-14)18(25)27-11-17(24)15-10-13(21)6-9-16(15)22/h4-10H,11H2,1-3H3,(H,23,26). The van der Waals surface area contributed by atoms with Gasteiger partial charge in [-0.2, -0.15) is 0 Å². The van der Waals surface area contributed by atoms with Crippen molar-refractivity contribution in [1.29, 1.82) is 0 Å². The van der Waals surface area contributed by atoms with E-state index in [1.807, 2.05) is 0 Å². The van der Waals surface area contributed by atoms with Crippen molar-refractivity contribution >= 4 is 23.5 Å². The molecule has 0 aromatic heterocycles. The van der Waals surface area contributed by atoms with Gasteiger partial charge in [-0.15, -0.1) is 0 Å². The molecule has 0 spiro atoms. The number of esters is 1. The Labute approximate surface area is 160 Å². The van der Waals surface area contributed by atoms with Crippen LogP contribution in [0.2, 0.25) is 0 Å². The normalized spacial score (nSPS) is 10.9. The molecule has 6 nitrogen and oxygen atoms in total. The molecule has 0 saturated carbocycles. The number of hydrogen-bond donors (Lipinski definition) is 1. The molecule has 2 aromatic rings. The number of benzene rings is 2. The zero-order chi connectivity index (χ0) is 20.9. The molecule has 0 aliphatic heterocycles. The highest BCUT2D eigenvalue weighted by molar-refractivity contribution is 5.99. The number of rotatable bonds is 5. The van der Waals surface area contributed by atoms with Crippen LogP contribution in [0.1, 0.15) is 41.5 Å². The molecule has 1 amide bonds. The largest absolute Gasteiger partial charge is 0.454 e. The predicted molar refractivity (Wildman–Crippen MR) is 97.3 cm³/mol. The summed E-state index contributed by atoms with van der Waals surface area (Å²) in [7, 11) is 0. The monoisotopic (exact) mass is 391 g/mol. The van der Waals surface area contributed by atoms with Crippen molar-refractivity contribution in [2.75, 3.05) is 11.9 Å². The van der Waals surface area contributed by atoms with Crippen molar-refractivity contribution in [3.63, 3.8) is 0 Å². The smallest absolute Gasteiger partial charge is 0.412 e. The van der Waals surface area contributed by atoms with Gasteiger partial charge in [-0.3, -0.25) is 10.1 Å². The van der Waals surface area contributed by atoms with Crippen molar-refractivity contribution in [3.8, 4) is 0 Å². The number of halogens is 2. The van der Waals surface area contributed by atoms with E-state index in [1.54, 1.807) is 20.8 Å². The number of Topliss-reactive ketones (excluding diaryl/α,β-unsaturated/α-hetero) is 1. The molecule has 8 heteroatoms. The third kappa shape index (κ3) is 6.15. The van der Waals surface area contributed by atoms with E-state index >= 15 is 0 Å². The molecule has 0 aliphatic carbocycles. The molecule has 0 unspecified atom stereocenters. The topological polar surface area (TPSA) is 81.7 Å². The Bertz CT molecular complexity index is 888. The Morgan fingerprint density at radius 2 is 1.64 bits per heavy atom. The average molecular weight is 391 g/mol. The van der Waals surface area contributed by atoms with Crippen molar-refractivity contribution in [3.05, 3.63) is 65.2 Å². The molecule has 148 valence electrons. The molecule has 2 rings (SSSR count). The van der Waals surface area contributed by atoms with Crippen LogP contribution in [-0.4, -0.2) is 30.1 Å². The van der Waals surface area contributed by atoms with Gasteiger partial charge in [-0.25, -0.2) is 18.4 Å². The van der Waals surface area contributed by atoms with Crippen molar-refractivity contribution in [1.82, 2.24) is 0 Å². The number of nitrogens with one attached hydrogen (secondary N) is 1. The SMILES string of the molecule is CC(C)(C)OC(=O)Nc1ccc(C(=O)OCC(=O)c2cc(F)ccc2F)cc1. The summed E-state index contributed by atoms with van der Waals surface area (Å²) >= 11 is 0. The molecule has 2 aromatic carbocycles. The lowest BCUT2D eigenvalue weighted by atomic mass is 10.1. The fourth-order valence-corrected chi connectivity index (χ4v) is 2.11. The van der Waals surface area contributed by atoms with Crippen LogP contribution in [0.15, 0.2) is 42.5 Å². The lowest BCUT2D eigenvalue weighted by Crippen LogP contribution is -2.27. The van der Waals surface area contributed by atoms with E-state index < -0.39 is 47.3 Å². The minimum Gasteiger partial charge on any atom is -0.454 e. The van der Waals surface area contributed by atoms with Crippen LogP contribution >= 0.6 is 0 Å². The van der Waals surface area contributed by atoms with Crippen molar-refractivity contribution in [2.24, 2.45) is 0 Å². The molecule has 0 saturated heterocycles. The quantitative estimate of drug-likeness (QED) is 0.605. The van der Waals surface area contributed by atoms with E-state index in [4.69, 9.17) is 9.47 Å². The highest BCUT2D eigenvalue weighted by Gasteiger charge is 2.18. The number of ether oxygens (including phenoxy) is 2. The summed E-state index contributed by atoms with van der Waals surface area (Å²) in [5, 5.41) is 2.50. The van der Waals surface area contributed by atoms with Gasteiger partial charge in [0.25, 0.3) is 0 Å². The maximum Gasteiger partial charge on any atom is 0.412 e. The summed E-state index contributed by atoms with van der Waals surface area (Å²) in [5.74, 6) is -3.37. The Balaban J connectivity index is 1.93. The van der Waals surface area contributed by atoms with Crippen LogP contribution < -0.4 is 5.32 Å².